The highest BCUT2D eigenvalue weighted by Gasteiger charge is 2.48. The van der Waals surface area contributed by atoms with Crippen molar-refractivity contribution < 1.29 is 14.3 Å². The van der Waals surface area contributed by atoms with Gasteiger partial charge in [-0.25, -0.2) is 9.97 Å². The summed E-state index contributed by atoms with van der Waals surface area (Å²) in [5.74, 6) is 0.740. The molecule has 0 atom stereocenters. The fourth-order valence-corrected chi connectivity index (χ4v) is 2.64. The third-order valence-electron chi connectivity index (χ3n) is 3.70. The molecule has 1 saturated heterocycles. The van der Waals surface area contributed by atoms with Gasteiger partial charge in [-0.1, -0.05) is 0 Å². The molecule has 2 aliphatic heterocycles. The van der Waals surface area contributed by atoms with Gasteiger partial charge in [-0.15, -0.1) is 0 Å². The molecule has 1 fully saturated rings. The minimum Gasteiger partial charge on any atom is -0.376 e. The number of anilines is 1. The smallest absolute Gasteiger partial charge is 0.224 e. The zero-order valence-corrected chi connectivity index (χ0v) is 11.3. The van der Waals surface area contributed by atoms with Gasteiger partial charge < -0.3 is 14.4 Å². The Morgan fingerprint density at radius 1 is 1.37 bits per heavy atom. The Morgan fingerprint density at radius 3 is 2.74 bits per heavy atom. The van der Waals surface area contributed by atoms with Crippen molar-refractivity contribution in [1.82, 2.24) is 9.97 Å². The molecule has 0 amide bonds. The lowest BCUT2D eigenvalue weighted by molar-refractivity contribution is -0.127. The highest BCUT2D eigenvalue weighted by atomic mass is 35.5. The molecule has 1 spiro atoms. The first kappa shape index (κ1) is 12.8. The molecule has 19 heavy (non-hydrogen) atoms. The summed E-state index contributed by atoms with van der Waals surface area (Å²) >= 11 is 5.84. The van der Waals surface area contributed by atoms with Crippen LogP contribution in [0, 0.1) is 0 Å². The quantitative estimate of drug-likeness (QED) is 0.645. The van der Waals surface area contributed by atoms with E-state index in [4.69, 9.17) is 21.1 Å². The third kappa shape index (κ3) is 2.00. The maximum Gasteiger partial charge on any atom is 0.224 e. The van der Waals surface area contributed by atoms with Gasteiger partial charge in [-0.2, -0.15) is 0 Å². The van der Waals surface area contributed by atoms with Gasteiger partial charge in [-0.3, -0.25) is 4.79 Å². The van der Waals surface area contributed by atoms with Crippen LogP contribution in [0.2, 0.25) is 5.28 Å². The monoisotopic (exact) mass is 283 g/mol. The number of hydrogen-bond donors (Lipinski definition) is 0. The molecule has 0 aliphatic carbocycles. The number of likely N-dealkylation sites (N-methyl/N-ethyl adjacent to an activating group) is 1. The molecule has 0 unspecified atom stereocenters. The van der Waals surface area contributed by atoms with E-state index in [1.165, 1.54) is 0 Å². The van der Waals surface area contributed by atoms with Gasteiger partial charge in [0.1, 0.15) is 11.4 Å². The first-order valence-corrected chi connectivity index (χ1v) is 6.45. The van der Waals surface area contributed by atoms with Gasteiger partial charge in [0, 0.05) is 25.2 Å². The molecular weight excluding hydrogens is 270 g/mol. The third-order valence-corrected chi connectivity index (χ3v) is 3.88. The van der Waals surface area contributed by atoms with Crippen molar-refractivity contribution in [3.05, 3.63) is 17.0 Å². The maximum absolute atomic E-state index is 12.5. The lowest BCUT2D eigenvalue weighted by Gasteiger charge is -2.43. The van der Waals surface area contributed by atoms with E-state index in [-0.39, 0.29) is 17.5 Å². The molecule has 6 nitrogen and oxygen atoms in total. The number of halogens is 1. The van der Waals surface area contributed by atoms with E-state index < -0.39 is 5.54 Å². The van der Waals surface area contributed by atoms with Gasteiger partial charge in [-0.05, 0) is 11.6 Å². The Kier molecular flexibility index (Phi) is 3.16. The van der Waals surface area contributed by atoms with Crippen LogP contribution in [-0.4, -0.2) is 54.8 Å². The standard InChI is InChI=1S/C12H14ClN3O3/c1-16-10-8(5-14-11(13)15-10)4-9(17)12(16)6-18-2-3-19-7-12/h5H,2-4,6-7H2,1H3. The van der Waals surface area contributed by atoms with E-state index in [0.29, 0.717) is 32.2 Å². The van der Waals surface area contributed by atoms with Crippen LogP contribution in [0.15, 0.2) is 6.20 Å². The van der Waals surface area contributed by atoms with E-state index in [0.717, 1.165) is 5.56 Å². The molecule has 0 saturated carbocycles. The van der Waals surface area contributed by atoms with Crippen molar-refractivity contribution in [3.63, 3.8) is 0 Å². The lowest BCUT2D eigenvalue weighted by atomic mass is 9.86. The van der Waals surface area contributed by atoms with Crippen LogP contribution in [0.3, 0.4) is 0 Å². The van der Waals surface area contributed by atoms with Crippen molar-refractivity contribution in [2.24, 2.45) is 0 Å². The number of fused-ring (bicyclic) bond motifs is 1. The van der Waals surface area contributed by atoms with E-state index in [9.17, 15) is 4.79 Å². The number of nitrogens with zero attached hydrogens (tertiary/aromatic N) is 3. The minimum absolute atomic E-state index is 0.0651. The average Bonchev–Trinajstić information content (AvgIpc) is 2.65. The maximum atomic E-state index is 12.5. The topological polar surface area (TPSA) is 64.6 Å². The second-order valence-corrected chi connectivity index (χ2v) is 5.12. The Bertz CT molecular complexity index is 515. The molecule has 2 aliphatic rings. The fraction of sp³-hybridized carbons (Fsp3) is 0.583. The molecule has 0 bridgehead atoms. The van der Waals surface area contributed by atoms with Gasteiger partial charge in [0.05, 0.1) is 26.4 Å². The van der Waals surface area contributed by atoms with Crippen LogP contribution < -0.4 is 4.90 Å². The molecule has 3 rings (SSSR count). The Labute approximate surface area is 115 Å². The predicted octanol–water partition coefficient (Wildman–Crippen LogP) is 0.477. The van der Waals surface area contributed by atoms with Gasteiger partial charge >= 0.3 is 0 Å². The highest BCUT2D eigenvalue weighted by Crippen LogP contribution is 2.33. The van der Waals surface area contributed by atoms with E-state index in [1.54, 1.807) is 6.20 Å². The van der Waals surface area contributed by atoms with Crippen LogP contribution in [-0.2, 0) is 20.7 Å². The number of ether oxygens (including phenoxy) is 2. The molecule has 7 heteroatoms. The SMILES string of the molecule is CN1c2nc(Cl)ncc2CC(=O)C12COCCOC2. The number of Topliss-reactive ketones (excluding diaryl/α,β-unsaturated/α-hetero) is 1. The Morgan fingerprint density at radius 2 is 2.05 bits per heavy atom. The molecule has 0 aromatic carbocycles. The Balaban J connectivity index is 2.05. The first-order chi connectivity index (χ1) is 9.13. The summed E-state index contributed by atoms with van der Waals surface area (Å²) in [7, 11) is 1.82. The number of carbonyl (C=O) groups excluding carboxylic acids is 1. The Hall–Kier alpha value is -1.24. The summed E-state index contributed by atoms with van der Waals surface area (Å²) in [6.45, 7) is 1.62. The highest BCUT2D eigenvalue weighted by molar-refractivity contribution is 6.28. The molecule has 0 N–H and O–H groups in total. The van der Waals surface area contributed by atoms with Crippen molar-refractivity contribution in [2.75, 3.05) is 38.4 Å². The van der Waals surface area contributed by atoms with Gasteiger partial charge in [0.2, 0.25) is 5.28 Å². The zero-order chi connectivity index (χ0) is 13.5. The summed E-state index contributed by atoms with van der Waals surface area (Å²) in [5, 5.41) is 0.172. The van der Waals surface area contributed by atoms with Crippen molar-refractivity contribution >= 4 is 23.2 Å². The van der Waals surface area contributed by atoms with Crippen molar-refractivity contribution in [3.8, 4) is 0 Å². The average molecular weight is 284 g/mol. The first-order valence-electron chi connectivity index (χ1n) is 6.07. The minimum atomic E-state index is -0.804. The summed E-state index contributed by atoms with van der Waals surface area (Å²) < 4.78 is 11.0. The van der Waals surface area contributed by atoms with Crippen LogP contribution in [0.5, 0.6) is 0 Å². The van der Waals surface area contributed by atoms with Crippen LogP contribution in [0.1, 0.15) is 5.56 Å². The predicted molar refractivity (Wildman–Crippen MR) is 68.5 cm³/mol. The van der Waals surface area contributed by atoms with E-state index in [1.807, 2.05) is 11.9 Å². The molecular formula is C12H14ClN3O3. The number of hydrogen-bond acceptors (Lipinski definition) is 6. The van der Waals surface area contributed by atoms with Gasteiger partial charge in [0.15, 0.2) is 5.78 Å². The zero-order valence-electron chi connectivity index (χ0n) is 10.6. The summed E-state index contributed by atoms with van der Waals surface area (Å²) in [4.78, 5) is 22.5. The van der Waals surface area contributed by atoms with Crippen LogP contribution >= 0.6 is 11.6 Å². The van der Waals surface area contributed by atoms with Crippen molar-refractivity contribution in [1.29, 1.82) is 0 Å². The van der Waals surface area contributed by atoms with Crippen LogP contribution in [0.4, 0.5) is 5.82 Å². The normalized spacial score (nSPS) is 22.2. The second kappa shape index (κ2) is 4.70. The molecule has 1 aromatic rings. The molecule has 1 aromatic heterocycles. The summed E-state index contributed by atoms with van der Waals surface area (Å²) in [6.07, 6.45) is 1.88. The molecule has 102 valence electrons. The van der Waals surface area contributed by atoms with E-state index in [2.05, 4.69) is 9.97 Å². The van der Waals surface area contributed by atoms with Gasteiger partial charge in [0.25, 0.3) is 0 Å². The summed E-state index contributed by atoms with van der Waals surface area (Å²) in [5.41, 5.74) is -0.0203. The summed E-state index contributed by atoms with van der Waals surface area (Å²) in [6, 6.07) is 0. The van der Waals surface area contributed by atoms with E-state index >= 15 is 0 Å². The van der Waals surface area contributed by atoms with Crippen molar-refractivity contribution in [2.45, 2.75) is 12.0 Å². The number of carbonyl (C=O) groups is 1. The number of aromatic nitrogens is 2. The largest absolute Gasteiger partial charge is 0.376 e. The van der Waals surface area contributed by atoms with Crippen LogP contribution in [0.25, 0.3) is 0 Å². The molecule has 0 radical (unpaired) electrons. The fourth-order valence-electron chi connectivity index (χ4n) is 2.52. The number of rotatable bonds is 0. The molecule has 3 heterocycles. The second-order valence-electron chi connectivity index (χ2n) is 4.78. The lowest BCUT2D eigenvalue weighted by Crippen LogP contribution is -2.62. The number of ketones is 1.